The van der Waals surface area contributed by atoms with Crippen LogP contribution in [0.2, 0.25) is 5.02 Å². The fourth-order valence-electron chi connectivity index (χ4n) is 5.92. The monoisotopic (exact) mass is 459 g/mol. The third-order valence-electron chi connectivity index (χ3n) is 7.43. The first-order valence-corrected chi connectivity index (χ1v) is 11.6. The van der Waals surface area contributed by atoms with Crippen molar-refractivity contribution in [3.8, 4) is 0 Å². The van der Waals surface area contributed by atoms with Crippen molar-refractivity contribution >= 4 is 40.7 Å². The van der Waals surface area contributed by atoms with E-state index in [-0.39, 0.29) is 47.4 Å². The van der Waals surface area contributed by atoms with Gasteiger partial charge in [0.2, 0.25) is 17.7 Å². The number of imide groups is 1. The molecule has 2 fully saturated rings. The number of hydrogen-bond donors (Lipinski definition) is 0. The molecule has 3 amide bonds. The number of carbonyl (C=O) groups is 3. The molecule has 2 aromatic carbocycles. The standard InChI is InChI=1S/C26H22ClN3O3/c1-14(31)30-22(19-4-2-3-5-20(19)27)13-21(28-30)15-8-10-18(11-9-15)29-25(32)23-16-6-7-17(12-16)24(23)26(29)33/h2-11,16-17,22-24H,12-13H2,1H3/t16-,17+,22?,23-,24+. The minimum atomic E-state index is -0.269. The number of amides is 3. The predicted octanol–water partition coefficient (Wildman–Crippen LogP) is 4.35. The largest absolute Gasteiger partial charge is 0.274 e. The van der Waals surface area contributed by atoms with Crippen molar-refractivity contribution in [2.45, 2.75) is 25.8 Å². The maximum atomic E-state index is 13.1. The Hall–Kier alpha value is -3.25. The smallest absolute Gasteiger partial charge is 0.240 e. The fraction of sp³-hybridized carbons (Fsp3) is 0.308. The Bertz CT molecular complexity index is 1220. The second-order valence-corrected chi connectivity index (χ2v) is 9.62. The fourth-order valence-corrected chi connectivity index (χ4v) is 6.18. The van der Waals surface area contributed by atoms with Crippen LogP contribution in [0.1, 0.15) is 36.9 Å². The number of anilines is 1. The molecule has 4 aliphatic rings. The lowest BCUT2D eigenvalue weighted by atomic mass is 9.85. The van der Waals surface area contributed by atoms with E-state index in [1.165, 1.54) is 16.8 Å². The molecule has 6 rings (SSSR count). The minimum Gasteiger partial charge on any atom is -0.274 e. The second kappa shape index (κ2) is 7.39. The summed E-state index contributed by atoms with van der Waals surface area (Å²) in [6.07, 6.45) is 5.64. The van der Waals surface area contributed by atoms with Crippen LogP contribution in [0, 0.1) is 23.7 Å². The average Bonchev–Trinajstić information content (AvgIpc) is 3.57. The molecule has 33 heavy (non-hydrogen) atoms. The van der Waals surface area contributed by atoms with Crippen molar-refractivity contribution in [1.29, 1.82) is 0 Å². The summed E-state index contributed by atoms with van der Waals surface area (Å²) in [6.45, 7) is 1.49. The molecule has 7 heteroatoms. The quantitative estimate of drug-likeness (QED) is 0.506. The molecule has 0 N–H and O–H groups in total. The number of halogens is 1. The lowest BCUT2D eigenvalue weighted by Crippen LogP contribution is -2.32. The summed E-state index contributed by atoms with van der Waals surface area (Å²) in [6, 6.07) is 14.5. The van der Waals surface area contributed by atoms with Crippen molar-refractivity contribution in [2.75, 3.05) is 4.90 Å². The van der Waals surface area contributed by atoms with E-state index >= 15 is 0 Å². The molecule has 2 aliphatic heterocycles. The van der Waals surface area contributed by atoms with Crippen LogP contribution in [0.5, 0.6) is 0 Å². The summed E-state index contributed by atoms with van der Waals surface area (Å²) in [5.41, 5.74) is 3.06. The van der Waals surface area contributed by atoms with Gasteiger partial charge >= 0.3 is 0 Å². The number of fused-ring (bicyclic) bond motifs is 5. The minimum absolute atomic E-state index is 0.0886. The van der Waals surface area contributed by atoms with Crippen LogP contribution in [-0.4, -0.2) is 28.4 Å². The zero-order valence-electron chi connectivity index (χ0n) is 18.0. The normalized spacial score (nSPS) is 29.8. The molecule has 6 nitrogen and oxygen atoms in total. The van der Waals surface area contributed by atoms with Crippen LogP contribution in [0.3, 0.4) is 0 Å². The zero-order chi connectivity index (χ0) is 22.9. The van der Waals surface area contributed by atoms with Gasteiger partial charge < -0.3 is 0 Å². The highest BCUT2D eigenvalue weighted by Crippen LogP contribution is 2.53. The summed E-state index contributed by atoms with van der Waals surface area (Å²) >= 11 is 6.39. The van der Waals surface area contributed by atoms with Crippen LogP contribution in [-0.2, 0) is 14.4 Å². The van der Waals surface area contributed by atoms with Crippen molar-refractivity contribution < 1.29 is 14.4 Å². The van der Waals surface area contributed by atoms with E-state index in [0.29, 0.717) is 17.1 Å². The summed E-state index contributed by atoms with van der Waals surface area (Å²) in [5, 5.41) is 6.65. The van der Waals surface area contributed by atoms with Crippen LogP contribution in [0.4, 0.5) is 5.69 Å². The van der Waals surface area contributed by atoms with Crippen molar-refractivity contribution in [1.82, 2.24) is 5.01 Å². The van der Waals surface area contributed by atoms with Gasteiger partial charge in [0.1, 0.15) is 0 Å². The molecule has 2 aromatic rings. The van der Waals surface area contributed by atoms with Gasteiger partial charge in [-0.05, 0) is 47.6 Å². The molecule has 166 valence electrons. The van der Waals surface area contributed by atoms with Gasteiger partial charge in [-0.3, -0.25) is 19.3 Å². The van der Waals surface area contributed by atoms with Gasteiger partial charge in [0, 0.05) is 18.4 Å². The Morgan fingerprint density at radius 1 is 0.970 bits per heavy atom. The summed E-state index contributed by atoms with van der Waals surface area (Å²) < 4.78 is 0. The molecular weight excluding hydrogens is 438 g/mol. The Balaban J connectivity index is 1.26. The summed E-state index contributed by atoms with van der Waals surface area (Å²) in [7, 11) is 0. The van der Waals surface area contributed by atoms with Gasteiger partial charge in [-0.1, -0.05) is 54.1 Å². The Kier molecular flexibility index (Phi) is 4.56. The number of benzene rings is 2. The number of hydrogen-bond acceptors (Lipinski definition) is 4. The molecule has 1 saturated carbocycles. The van der Waals surface area contributed by atoms with Gasteiger partial charge in [0.25, 0.3) is 0 Å². The first-order chi connectivity index (χ1) is 15.9. The molecule has 2 aliphatic carbocycles. The van der Waals surface area contributed by atoms with E-state index in [9.17, 15) is 14.4 Å². The average molecular weight is 460 g/mol. The molecule has 2 heterocycles. The van der Waals surface area contributed by atoms with E-state index in [2.05, 4.69) is 17.3 Å². The summed E-state index contributed by atoms with van der Waals surface area (Å²) in [5.74, 6) is -0.391. The predicted molar refractivity (Wildman–Crippen MR) is 125 cm³/mol. The topological polar surface area (TPSA) is 70.1 Å². The molecular formula is C26H22ClN3O3. The highest BCUT2D eigenvalue weighted by molar-refractivity contribution is 6.31. The molecule has 0 spiro atoms. The highest BCUT2D eigenvalue weighted by atomic mass is 35.5. The zero-order valence-corrected chi connectivity index (χ0v) is 18.8. The van der Waals surface area contributed by atoms with Gasteiger partial charge in [0.15, 0.2) is 0 Å². The Morgan fingerprint density at radius 3 is 2.21 bits per heavy atom. The Morgan fingerprint density at radius 2 is 1.61 bits per heavy atom. The van der Waals surface area contributed by atoms with Gasteiger partial charge in [-0.25, -0.2) is 5.01 Å². The molecule has 1 saturated heterocycles. The van der Waals surface area contributed by atoms with Gasteiger partial charge in [-0.2, -0.15) is 5.10 Å². The van der Waals surface area contributed by atoms with Crippen LogP contribution in [0.25, 0.3) is 0 Å². The molecule has 0 aromatic heterocycles. The van der Waals surface area contributed by atoms with Crippen molar-refractivity contribution in [2.24, 2.45) is 28.8 Å². The third kappa shape index (κ3) is 3.00. The van der Waals surface area contributed by atoms with Gasteiger partial charge in [0.05, 0.1) is 29.3 Å². The van der Waals surface area contributed by atoms with Gasteiger partial charge in [-0.15, -0.1) is 0 Å². The van der Waals surface area contributed by atoms with E-state index in [4.69, 9.17) is 11.6 Å². The number of carbonyl (C=O) groups excluding carboxylic acids is 3. The van der Waals surface area contributed by atoms with Crippen LogP contribution >= 0.6 is 11.6 Å². The molecule has 1 unspecified atom stereocenters. The lowest BCUT2D eigenvalue weighted by Gasteiger charge is -2.21. The highest BCUT2D eigenvalue weighted by Gasteiger charge is 2.59. The maximum Gasteiger partial charge on any atom is 0.240 e. The first-order valence-electron chi connectivity index (χ1n) is 11.2. The molecule has 2 bridgehead atoms. The van der Waals surface area contributed by atoms with Crippen molar-refractivity contribution in [3.05, 3.63) is 76.8 Å². The molecule has 5 atom stereocenters. The van der Waals surface area contributed by atoms with E-state index in [1.807, 2.05) is 36.4 Å². The van der Waals surface area contributed by atoms with E-state index in [0.717, 1.165) is 23.3 Å². The lowest BCUT2D eigenvalue weighted by molar-refractivity contribution is -0.130. The number of hydrazone groups is 1. The van der Waals surface area contributed by atoms with Crippen LogP contribution < -0.4 is 4.90 Å². The summed E-state index contributed by atoms with van der Waals surface area (Å²) in [4.78, 5) is 39.8. The number of rotatable bonds is 3. The Labute approximate surface area is 196 Å². The first kappa shape index (κ1) is 20.4. The number of allylic oxidation sites excluding steroid dienone is 2. The van der Waals surface area contributed by atoms with E-state index in [1.54, 1.807) is 12.1 Å². The number of nitrogens with zero attached hydrogens (tertiary/aromatic N) is 3. The molecule has 0 radical (unpaired) electrons. The van der Waals surface area contributed by atoms with Crippen LogP contribution in [0.15, 0.2) is 65.8 Å². The second-order valence-electron chi connectivity index (χ2n) is 9.21. The third-order valence-corrected chi connectivity index (χ3v) is 7.77. The van der Waals surface area contributed by atoms with E-state index < -0.39 is 0 Å². The van der Waals surface area contributed by atoms with Crippen molar-refractivity contribution in [3.63, 3.8) is 0 Å². The SMILES string of the molecule is CC(=O)N1N=C(c2ccc(N3C(=O)[C@@H]4[C@H](C3=O)[C@@H]3C=C[C@H]4C3)cc2)CC1c1ccccc1Cl. The maximum absolute atomic E-state index is 13.1.